The number of hydrogen-bond acceptors (Lipinski definition) is 3. The van der Waals surface area contributed by atoms with E-state index >= 15 is 0 Å². The van der Waals surface area contributed by atoms with Gasteiger partial charge in [-0.15, -0.1) is 0 Å². The van der Waals surface area contributed by atoms with Crippen LogP contribution in [0.25, 0.3) is 0 Å². The number of halogens is 1. The van der Waals surface area contributed by atoms with Crippen LogP contribution in [0.4, 0.5) is 4.39 Å². The molecule has 144 valence electrons. The Morgan fingerprint density at radius 1 is 1.07 bits per heavy atom. The summed E-state index contributed by atoms with van der Waals surface area (Å²) in [5.41, 5.74) is 3.73. The van der Waals surface area contributed by atoms with Gasteiger partial charge in [0, 0.05) is 19.1 Å². The SMILES string of the molecule is O[C@@H](CO[C@@H]1CCCc2ccccc21)CN(Cc1ccc(F)cc1)C1CC1. The summed E-state index contributed by atoms with van der Waals surface area (Å²) >= 11 is 0. The molecule has 0 bridgehead atoms. The Balaban J connectivity index is 1.31. The van der Waals surface area contributed by atoms with Gasteiger partial charge in [0.2, 0.25) is 0 Å². The molecule has 0 radical (unpaired) electrons. The number of nitrogens with zero attached hydrogens (tertiary/aromatic N) is 1. The van der Waals surface area contributed by atoms with Crippen molar-refractivity contribution in [1.82, 2.24) is 4.90 Å². The number of benzene rings is 2. The monoisotopic (exact) mass is 369 g/mol. The summed E-state index contributed by atoms with van der Waals surface area (Å²) in [7, 11) is 0. The Kier molecular flexibility index (Phi) is 5.86. The molecule has 0 unspecified atom stereocenters. The van der Waals surface area contributed by atoms with Gasteiger partial charge in [-0.2, -0.15) is 0 Å². The van der Waals surface area contributed by atoms with Crippen LogP contribution in [0.2, 0.25) is 0 Å². The van der Waals surface area contributed by atoms with Crippen LogP contribution in [0.3, 0.4) is 0 Å². The summed E-state index contributed by atoms with van der Waals surface area (Å²) in [6.45, 7) is 1.69. The summed E-state index contributed by atoms with van der Waals surface area (Å²) in [6.07, 6.45) is 5.19. The molecule has 0 aromatic heterocycles. The predicted octanol–water partition coefficient (Wildman–Crippen LogP) is 4.25. The third-order valence-electron chi connectivity index (χ3n) is 5.61. The van der Waals surface area contributed by atoms with Crippen molar-refractivity contribution < 1.29 is 14.2 Å². The fourth-order valence-electron chi connectivity index (χ4n) is 4.04. The Morgan fingerprint density at radius 3 is 2.63 bits per heavy atom. The lowest BCUT2D eigenvalue weighted by atomic mass is 9.89. The van der Waals surface area contributed by atoms with E-state index in [1.807, 2.05) is 12.1 Å². The fraction of sp³-hybridized carbons (Fsp3) is 0.478. The number of aryl methyl sites for hydroxylation is 1. The van der Waals surface area contributed by atoms with Crippen molar-refractivity contribution in [3.05, 3.63) is 71.0 Å². The van der Waals surface area contributed by atoms with Crippen LogP contribution >= 0.6 is 0 Å². The van der Waals surface area contributed by atoms with E-state index in [2.05, 4.69) is 29.2 Å². The highest BCUT2D eigenvalue weighted by Gasteiger charge is 2.30. The lowest BCUT2D eigenvalue weighted by Crippen LogP contribution is -2.36. The minimum atomic E-state index is -0.514. The molecular formula is C23H28FNO2. The minimum Gasteiger partial charge on any atom is -0.389 e. The molecule has 3 nitrogen and oxygen atoms in total. The first-order chi connectivity index (χ1) is 13.2. The van der Waals surface area contributed by atoms with E-state index in [0.717, 1.165) is 31.4 Å². The number of hydrogen-bond donors (Lipinski definition) is 1. The van der Waals surface area contributed by atoms with E-state index in [1.54, 1.807) is 0 Å². The molecule has 1 N–H and O–H groups in total. The fourth-order valence-corrected chi connectivity index (χ4v) is 4.04. The molecule has 0 spiro atoms. The quantitative estimate of drug-likeness (QED) is 0.755. The van der Waals surface area contributed by atoms with Gasteiger partial charge in [0.25, 0.3) is 0 Å². The second kappa shape index (κ2) is 8.51. The van der Waals surface area contributed by atoms with Gasteiger partial charge < -0.3 is 9.84 Å². The molecule has 2 aromatic rings. The van der Waals surface area contributed by atoms with Crippen molar-refractivity contribution in [2.24, 2.45) is 0 Å². The highest BCUT2D eigenvalue weighted by atomic mass is 19.1. The third kappa shape index (κ3) is 4.95. The highest BCUT2D eigenvalue weighted by Crippen LogP contribution is 2.33. The Hall–Kier alpha value is -1.75. The first-order valence-corrected chi connectivity index (χ1v) is 10.0. The molecule has 1 fully saturated rings. The second-order valence-electron chi connectivity index (χ2n) is 7.85. The molecule has 2 aliphatic carbocycles. The smallest absolute Gasteiger partial charge is 0.123 e. The Bertz CT molecular complexity index is 744. The predicted molar refractivity (Wildman–Crippen MR) is 104 cm³/mol. The van der Waals surface area contributed by atoms with Crippen LogP contribution < -0.4 is 0 Å². The molecule has 1 saturated carbocycles. The van der Waals surface area contributed by atoms with Crippen LogP contribution in [-0.2, 0) is 17.7 Å². The van der Waals surface area contributed by atoms with Gasteiger partial charge in [0.15, 0.2) is 0 Å². The van der Waals surface area contributed by atoms with Crippen molar-refractivity contribution in [2.45, 2.75) is 56.9 Å². The van der Waals surface area contributed by atoms with Crippen LogP contribution in [0, 0.1) is 5.82 Å². The average molecular weight is 369 g/mol. The van der Waals surface area contributed by atoms with Gasteiger partial charge in [-0.3, -0.25) is 4.90 Å². The van der Waals surface area contributed by atoms with Crippen molar-refractivity contribution >= 4 is 0 Å². The van der Waals surface area contributed by atoms with Crippen molar-refractivity contribution in [3.8, 4) is 0 Å². The number of aliphatic hydroxyl groups is 1. The lowest BCUT2D eigenvalue weighted by molar-refractivity contribution is -0.0298. The Labute approximate surface area is 160 Å². The first kappa shape index (κ1) is 18.6. The minimum absolute atomic E-state index is 0.0936. The summed E-state index contributed by atoms with van der Waals surface area (Å²) in [5, 5.41) is 10.6. The van der Waals surface area contributed by atoms with Gasteiger partial charge in [-0.25, -0.2) is 4.39 Å². The van der Waals surface area contributed by atoms with E-state index < -0.39 is 6.10 Å². The number of aliphatic hydroxyl groups excluding tert-OH is 1. The van der Waals surface area contributed by atoms with E-state index in [-0.39, 0.29) is 11.9 Å². The van der Waals surface area contributed by atoms with E-state index in [1.165, 1.54) is 36.1 Å². The standard InChI is InChI=1S/C23H28FNO2/c24-19-10-8-17(9-11-19)14-25(20-12-13-20)15-21(26)16-27-23-7-3-5-18-4-1-2-6-22(18)23/h1-2,4,6,8-11,20-21,23,26H,3,5,7,12-16H2/t21-,23-/m1/s1. The molecule has 4 rings (SSSR count). The number of fused-ring (bicyclic) bond motifs is 1. The molecule has 2 aliphatic rings. The first-order valence-electron chi connectivity index (χ1n) is 10.0. The van der Waals surface area contributed by atoms with Crippen LogP contribution in [0.5, 0.6) is 0 Å². The average Bonchev–Trinajstić information content (AvgIpc) is 3.53. The normalized spacial score (nSPS) is 20.5. The summed E-state index contributed by atoms with van der Waals surface area (Å²) in [6, 6.07) is 15.7. The molecule has 0 heterocycles. The van der Waals surface area contributed by atoms with Gasteiger partial charge in [0.1, 0.15) is 5.82 Å². The van der Waals surface area contributed by atoms with Crippen molar-refractivity contribution in [3.63, 3.8) is 0 Å². The summed E-state index contributed by atoms with van der Waals surface area (Å²) < 4.78 is 19.2. The maximum atomic E-state index is 13.1. The van der Waals surface area contributed by atoms with Crippen LogP contribution in [-0.4, -0.2) is 35.3 Å². The molecule has 27 heavy (non-hydrogen) atoms. The second-order valence-corrected chi connectivity index (χ2v) is 7.85. The van der Waals surface area contributed by atoms with Crippen molar-refractivity contribution in [1.29, 1.82) is 0 Å². The zero-order chi connectivity index (χ0) is 18.6. The van der Waals surface area contributed by atoms with Gasteiger partial charge in [-0.05, 0) is 60.9 Å². The van der Waals surface area contributed by atoms with Gasteiger partial charge in [-0.1, -0.05) is 36.4 Å². The van der Waals surface area contributed by atoms with E-state index in [0.29, 0.717) is 19.2 Å². The lowest BCUT2D eigenvalue weighted by Gasteiger charge is -2.29. The number of ether oxygens (including phenoxy) is 1. The van der Waals surface area contributed by atoms with E-state index in [4.69, 9.17) is 4.74 Å². The Morgan fingerprint density at radius 2 is 1.85 bits per heavy atom. The topological polar surface area (TPSA) is 32.7 Å². The van der Waals surface area contributed by atoms with Gasteiger partial charge >= 0.3 is 0 Å². The maximum Gasteiger partial charge on any atom is 0.123 e. The zero-order valence-electron chi connectivity index (χ0n) is 15.7. The largest absolute Gasteiger partial charge is 0.389 e. The maximum absolute atomic E-state index is 13.1. The molecule has 4 heteroatoms. The highest BCUT2D eigenvalue weighted by molar-refractivity contribution is 5.31. The van der Waals surface area contributed by atoms with Crippen LogP contribution in [0.1, 0.15) is 48.5 Å². The zero-order valence-corrected chi connectivity index (χ0v) is 15.7. The molecule has 0 amide bonds. The number of rotatable bonds is 8. The van der Waals surface area contributed by atoms with Gasteiger partial charge in [0.05, 0.1) is 18.8 Å². The van der Waals surface area contributed by atoms with Crippen molar-refractivity contribution in [2.75, 3.05) is 13.2 Å². The molecule has 2 atom stereocenters. The summed E-state index contributed by atoms with van der Waals surface area (Å²) in [4.78, 5) is 2.30. The summed E-state index contributed by atoms with van der Waals surface area (Å²) in [5.74, 6) is -0.210. The molecule has 0 aliphatic heterocycles. The van der Waals surface area contributed by atoms with Crippen LogP contribution in [0.15, 0.2) is 48.5 Å². The van der Waals surface area contributed by atoms with E-state index in [9.17, 15) is 9.50 Å². The third-order valence-corrected chi connectivity index (χ3v) is 5.61. The molecule has 2 aromatic carbocycles. The molecule has 0 saturated heterocycles. The molecular weight excluding hydrogens is 341 g/mol.